The number of hydrogen-bond acceptors (Lipinski definition) is 5. The number of amides is 2. The summed E-state index contributed by atoms with van der Waals surface area (Å²) in [7, 11) is 1.72. The summed E-state index contributed by atoms with van der Waals surface area (Å²) in [6.45, 7) is 4.93. The van der Waals surface area contributed by atoms with E-state index in [-0.39, 0.29) is 24.2 Å². The predicted molar refractivity (Wildman–Crippen MR) is 95.8 cm³/mol. The number of nitrogens with zero attached hydrogens (tertiary/aromatic N) is 3. The van der Waals surface area contributed by atoms with Gasteiger partial charge in [0, 0.05) is 26.1 Å². The molecule has 2 heterocycles. The van der Waals surface area contributed by atoms with Gasteiger partial charge in [-0.3, -0.25) is 9.59 Å². The van der Waals surface area contributed by atoms with E-state index in [1.165, 1.54) is 0 Å². The zero-order chi connectivity index (χ0) is 18.7. The zero-order valence-corrected chi connectivity index (χ0v) is 15.3. The van der Waals surface area contributed by atoms with Crippen molar-refractivity contribution in [1.29, 1.82) is 0 Å². The fourth-order valence-corrected chi connectivity index (χ4v) is 3.19. The first-order valence-corrected chi connectivity index (χ1v) is 8.69. The molecule has 1 aromatic carbocycles. The number of hydrogen-bond donors (Lipinski definition) is 0. The Kier molecular flexibility index (Phi) is 5.25. The molecule has 0 aliphatic carbocycles. The van der Waals surface area contributed by atoms with Crippen molar-refractivity contribution in [2.24, 2.45) is 5.92 Å². The van der Waals surface area contributed by atoms with E-state index in [2.05, 4.69) is 5.16 Å². The molecule has 0 radical (unpaired) electrons. The highest BCUT2D eigenvalue weighted by atomic mass is 16.5. The van der Waals surface area contributed by atoms with Gasteiger partial charge in [-0.15, -0.1) is 0 Å². The van der Waals surface area contributed by atoms with Crippen molar-refractivity contribution in [2.75, 3.05) is 25.1 Å². The molecule has 1 aliphatic rings. The van der Waals surface area contributed by atoms with E-state index >= 15 is 0 Å². The molecule has 1 unspecified atom stereocenters. The molecule has 1 aromatic heterocycles. The molecule has 138 valence electrons. The molecule has 2 amide bonds. The predicted octanol–water partition coefficient (Wildman–Crippen LogP) is 2.39. The van der Waals surface area contributed by atoms with Crippen LogP contribution in [-0.2, 0) is 16.1 Å². The average Bonchev–Trinajstić information content (AvgIpc) is 3.20. The number of anilines is 1. The highest BCUT2D eigenvalue weighted by molar-refractivity contribution is 6.01. The van der Waals surface area contributed by atoms with Crippen LogP contribution in [-0.4, -0.2) is 42.1 Å². The van der Waals surface area contributed by atoms with Crippen LogP contribution in [0.15, 0.2) is 34.9 Å². The minimum Gasteiger partial charge on any atom is -0.492 e. The van der Waals surface area contributed by atoms with E-state index in [4.69, 9.17) is 9.26 Å². The van der Waals surface area contributed by atoms with E-state index in [0.29, 0.717) is 42.6 Å². The van der Waals surface area contributed by atoms with Crippen LogP contribution in [0.5, 0.6) is 5.75 Å². The summed E-state index contributed by atoms with van der Waals surface area (Å²) < 4.78 is 10.6. The zero-order valence-electron chi connectivity index (χ0n) is 15.3. The lowest BCUT2D eigenvalue weighted by atomic mass is 10.1. The van der Waals surface area contributed by atoms with Crippen LogP contribution in [0.3, 0.4) is 0 Å². The van der Waals surface area contributed by atoms with Gasteiger partial charge in [-0.2, -0.15) is 0 Å². The van der Waals surface area contributed by atoms with E-state index in [1.807, 2.05) is 38.1 Å². The lowest BCUT2D eigenvalue weighted by Crippen LogP contribution is -2.34. The van der Waals surface area contributed by atoms with Crippen LogP contribution in [0.1, 0.15) is 24.8 Å². The summed E-state index contributed by atoms with van der Waals surface area (Å²) in [6.07, 6.45) is 0.196. The summed E-state index contributed by atoms with van der Waals surface area (Å²) in [5, 5.41) is 3.91. The Labute approximate surface area is 152 Å². The number of rotatable bonds is 6. The summed E-state index contributed by atoms with van der Waals surface area (Å²) >= 11 is 0. The second-order valence-electron chi connectivity index (χ2n) is 6.43. The number of aryl methyl sites for hydroxylation is 1. The van der Waals surface area contributed by atoms with Crippen LogP contribution in [0, 0.1) is 12.8 Å². The number of aromatic nitrogens is 1. The first-order chi connectivity index (χ1) is 12.5. The first kappa shape index (κ1) is 18.0. The van der Waals surface area contributed by atoms with Gasteiger partial charge in [0.15, 0.2) is 0 Å². The molecule has 1 saturated heterocycles. The van der Waals surface area contributed by atoms with Crippen molar-refractivity contribution in [2.45, 2.75) is 26.8 Å². The quantitative estimate of drug-likeness (QED) is 0.793. The fraction of sp³-hybridized carbons (Fsp3) is 0.421. The van der Waals surface area contributed by atoms with E-state index in [9.17, 15) is 9.59 Å². The summed E-state index contributed by atoms with van der Waals surface area (Å²) in [4.78, 5) is 28.5. The number of benzene rings is 1. The van der Waals surface area contributed by atoms with E-state index in [1.54, 1.807) is 22.9 Å². The van der Waals surface area contributed by atoms with E-state index in [0.717, 1.165) is 0 Å². The molecule has 1 atom stereocenters. The van der Waals surface area contributed by atoms with Crippen molar-refractivity contribution < 1.29 is 18.8 Å². The van der Waals surface area contributed by atoms with Crippen molar-refractivity contribution >= 4 is 17.5 Å². The molecular formula is C19H23N3O4. The minimum absolute atomic E-state index is 0.0683. The lowest BCUT2D eigenvalue weighted by molar-refractivity contribution is -0.135. The highest BCUT2D eigenvalue weighted by Gasteiger charge is 2.37. The number of carbonyl (C=O) groups is 2. The maximum absolute atomic E-state index is 12.7. The molecule has 3 rings (SSSR count). The molecule has 26 heavy (non-hydrogen) atoms. The normalized spacial score (nSPS) is 16.8. The molecule has 0 bridgehead atoms. The molecular weight excluding hydrogens is 334 g/mol. The van der Waals surface area contributed by atoms with Crippen LogP contribution < -0.4 is 9.64 Å². The van der Waals surface area contributed by atoms with Gasteiger partial charge in [0.25, 0.3) is 0 Å². The van der Waals surface area contributed by atoms with Crippen LogP contribution in [0.25, 0.3) is 0 Å². The Bertz CT molecular complexity index is 802. The summed E-state index contributed by atoms with van der Waals surface area (Å²) in [5.74, 6) is 0.838. The van der Waals surface area contributed by atoms with Crippen LogP contribution in [0.4, 0.5) is 5.69 Å². The van der Waals surface area contributed by atoms with Gasteiger partial charge in [-0.1, -0.05) is 17.3 Å². The molecule has 7 heteroatoms. The number of ether oxygens (including phenoxy) is 1. The molecule has 0 saturated carbocycles. The number of para-hydroxylation sites is 2. The highest BCUT2D eigenvalue weighted by Crippen LogP contribution is 2.33. The van der Waals surface area contributed by atoms with Crippen molar-refractivity contribution in [3.8, 4) is 5.75 Å². The molecule has 0 spiro atoms. The summed E-state index contributed by atoms with van der Waals surface area (Å²) in [6, 6.07) is 9.21. The van der Waals surface area contributed by atoms with Gasteiger partial charge < -0.3 is 19.1 Å². The Morgan fingerprint density at radius 2 is 2.19 bits per heavy atom. The van der Waals surface area contributed by atoms with Gasteiger partial charge in [-0.25, -0.2) is 0 Å². The maximum Gasteiger partial charge on any atom is 0.228 e. The van der Waals surface area contributed by atoms with Gasteiger partial charge in [0.2, 0.25) is 11.8 Å². The first-order valence-electron chi connectivity index (χ1n) is 8.69. The molecule has 2 aromatic rings. The standard InChI is InChI=1S/C19H23N3O4/c1-4-25-17-8-6-5-7-16(17)22-11-14(10-18(22)23)19(24)21(3)12-15-9-13(2)26-20-15/h5-9,14H,4,10-12H2,1-3H3. The van der Waals surface area contributed by atoms with Gasteiger partial charge in [0.05, 0.1) is 24.8 Å². The lowest BCUT2D eigenvalue weighted by Gasteiger charge is -2.22. The minimum atomic E-state index is -0.379. The second kappa shape index (κ2) is 7.59. The molecule has 0 N–H and O–H groups in total. The SMILES string of the molecule is CCOc1ccccc1N1CC(C(=O)N(C)Cc2cc(C)on2)CC1=O. The van der Waals surface area contributed by atoms with Crippen molar-refractivity contribution in [1.82, 2.24) is 10.1 Å². The maximum atomic E-state index is 12.7. The van der Waals surface area contributed by atoms with Crippen LogP contribution >= 0.6 is 0 Å². The Morgan fingerprint density at radius 3 is 2.88 bits per heavy atom. The molecule has 7 nitrogen and oxygen atoms in total. The Balaban J connectivity index is 1.70. The number of carbonyl (C=O) groups excluding carboxylic acids is 2. The van der Waals surface area contributed by atoms with E-state index < -0.39 is 0 Å². The summed E-state index contributed by atoms with van der Waals surface area (Å²) in [5.41, 5.74) is 1.41. The van der Waals surface area contributed by atoms with Crippen molar-refractivity contribution in [3.05, 3.63) is 41.8 Å². The Morgan fingerprint density at radius 1 is 1.42 bits per heavy atom. The fourth-order valence-electron chi connectivity index (χ4n) is 3.19. The molecule has 1 aliphatic heterocycles. The monoisotopic (exact) mass is 357 g/mol. The van der Waals surface area contributed by atoms with Crippen molar-refractivity contribution in [3.63, 3.8) is 0 Å². The van der Waals surface area contributed by atoms with Gasteiger partial charge >= 0.3 is 0 Å². The van der Waals surface area contributed by atoms with Crippen LogP contribution in [0.2, 0.25) is 0 Å². The third-order valence-electron chi connectivity index (χ3n) is 4.38. The topological polar surface area (TPSA) is 75.9 Å². The largest absolute Gasteiger partial charge is 0.492 e. The molecule has 1 fully saturated rings. The smallest absolute Gasteiger partial charge is 0.228 e. The second-order valence-corrected chi connectivity index (χ2v) is 6.43. The van der Waals surface area contributed by atoms with Gasteiger partial charge in [-0.05, 0) is 26.0 Å². The Hall–Kier alpha value is -2.83. The third-order valence-corrected chi connectivity index (χ3v) is 4.38. The average molecular weight is 357 g/mol. The third kappa shape index (κ3) is 3.71. The van der Waals surface area contributed by atoms with Gasteiger partial charge in [0.1, 0.15) is 17.2 Å².